The summed E-state index contributed by atoms with van der Waals surface area (Å²) in [6.07, 6.45) is 0. The Hall–Kier alpha value is -3.74. The average Bonchev–Trinajstić information content (AvgIpc) is 3.52. The Morgan fingerprint density at radius 1 is 1.12 bits per heavy atom. The SMILES string of the molecule is COc1cc(C2C(=C(O)c3cc(C)ccc3C)C(=O)C(=O)N2c2nnc(SCc3ccc(F)cc3)s2)cc(Br)c1O. The van der Waals surface area contributed by atoms with E-state index in [1.807, 2.05) is 19.1 Å². The molecule has 0 spiro atoms. The van der Waals surface area contributed by atoms with Crippen molar-refractivity contribution in [2.45, 2.75) is 30.0 Å². The third kappa shape index (κ3) is 5.59. The number of rotatable bonds is 7. The number of halogens is 2. The maximum atomic E-state index is 13.6. The van der Waals surface area contributed by atoms with Gasteiger partial charge in [0, 0.05) is 11.3 Å². The Balaban J connectivity index is 1.62. The highest BCUT2D eigenvalue weighted by atomic mass is 79.9. The minimum atomic E-state index is -1.09. The minimum absolute atomic E-state index is 0.111. The van der Waals surface area contributed by atoms with Crippen LogP contribution in [0.3, 0.4) is 0 Å². The van der Waals surface area contributed by atoms with Gasteiger partial charge in [-0.05, 0) is 76.8 Å². The molecule has 41 heavy (non-hydrogen) atoms. The van der Waals surface area contributed by atoms with E-state index in [2.05, 4.69) is 26.1 Å². The van der Waals surface area contributed by atoms with Crippen LogP contribution >= 0.6 is 39.0 Å². The number of carbonyl (C=O) groups is 2. The summed E-state index contributed by atoms with van der Waals surface area (Å²) in [4.78, 5) is 28.3. The number of aryl methyl sites for hydroxylation is 2. The minimum Gasteiger partial charge on any atom is -0.507 e. The predicted molar refractivity (Wildman–Crippen MR) is 159 cm³/mol. The number of aromatic hydroxyl groups is 1. The van der Waals surface area contributed by atoms with Gasteiger partial charge in [-0.15, -0.1) is 10.2 Å². The Labute approximate surface area is 251 Å². The fraction of sp³-hybridized carbons (Fsp3) is 0.172. The Morgan fingerprint density at radius 2 is 1.85 bits per heavy atom. The molecule has 0 saturated carbocycles. The number of methoxy groups -OCH3 is 1. The van der Waals surface area contributed by atoms with Gasteiger partial charge in [0.05, 0.1) is 23.2 Å². The third-order valence-electron chi connectivity index (χ3n) is 6.56. The van der Waals surface area contributed by atoms with E-state index in [9.17, 15) is 24.2 Å². The molecule has 1 saturated heterocycles. The number of benzene rings is 3. The molecule has 3 aromatic carbocycles. The van der Waals surface area contributed by atoms with Gasteiger partial charge >= 0.3 is 5.91 Å². The number of aromatic nitrogens is 2. The van der Waals surface area contributed by atoms with Crippen LogP contribution in [-0.4, -0.2) is 39.2 Å². The van der Waals surface area contributed by atoms with Crippen LogP contribution < -0.4 is 9.64 Å². The van der Waals surface area contributed by atoms with Gasteiger partial charge in [-0.25, -0.2) is 4.39 Å². The second-order valence-corrected chi connectivity index (χ2v) is 12.3. The number of hydrogen-bond donors (Lipinski definition) is 2. The van der Waals surface area contributed by atoms with E-state index >= 15 is 0 Å². The van der Waals surface area contributed by atoms with Crippen LogP contribution in [0.15, 0.2) is 69.0 Å². The molecule has 1 amide bonds. The lowest BCUT2D eigenvalue weighted by atomic mass is 9.93. The average molecular weight is 657 g/mol. The van der Waals surface area contributed by atoms with E-state index in [-0.39, 0.29) is 38.3 Å². The molecule has 4 aromatic rings. The van der Waals surface area contributed by atoms with E-state index in [0.717, 1.165) is 28.0 Å². The molecule has 2 heterocycles. The van der Waals surface area contributed by atoms with Gasteiger partial charge in [0.25, 0.3) is 5.78 Å². The van der Waals surface area contributed by atoms with Crippen LogP contribution in [0.5, 0.6) is 11.5 Å². The van der Waals surface area contributed by atoms with Crippen LogP contribution in [0.1, 0.15) is 33.9 Å². The molecule has 12 heteroatoms. The molecule has 1 fully saturated rings. The Kier molecular flexibility index (Phi) is 8.16. The van der Waals surface area contributed by atoms with E-state index in [1.54, 1.807) is 31.2 Å². The van der Waals surface area contributed by atoms with Crippen molar-refractivity contribution in [3.8, 4) is 11.5 Å². The number of Topliss-reactive ketones (excluding diaryl/α,β-unsaturated/α-hetero) is 1. The number of aliphatic hydroxyl groups excluding tert-OH is 1. The summed E-state index contributed by atoms with van der Waals surface area (Å²) in [6.45, 7) is 3.66. The van der Waals surface area contributed by atoms with Gasteiger partial charge in [-0.1, -0.05) is 52.9 Å². The highest BCUT2D eigenvalue weighted by Crippen LogP contribution is 2.47. The fourth-order valence-electron chi connectivity index (χ4n) is 4.47. The molecular weight excluding hydrogens is 633 g/mol. The standard InChI is InChI=1S/C29H23BrFN3O5S2/c1-14-4-5-15(2)19(10-14)24(35)22-23(17-11-20(30)25(36)21(12-17)39-3)34(27(38)26(22)37)28-32-33-29(41-28)40-13-16-6-8-18(31)9-7-16/h4-12,23,35-36H,13H2,1-3H3. The van der Waals surface area contributed by atoms with Crippen molar-refractivity contribution >= 4 is 61.6 Å². The number of aliphatic hydroxyl groups is 1. The fourth-order valence-corrected chi connectivity index (χ4v) is 6.76. The molecule has 1 aromatic heterocycles. The normalized spacial score (nSPS) is 16.4. The summed E-state index contributed by atoms with van der Waals surface area (Å²) in [7, 11) is 1.38. The summed E-state index contributed by atoms with van der Waals surface area (Å²) in [5.74, 6) is -1.96. The number of anilines is 1. The lowest BCUT2D eigenvalue weighted by Gasteiger charge is -2.23. The van der Waals surface area contributed by atoms with Gasteiger partial charge < -0.3 is 14.9 Å². The number of amides is 1. The van der Waals surface area contributed by atoms with Crippen molar-refractivity contribution in [2.24, 2.45) is 0 Å². The molecule has 210 valence electrons. The van der Waals surface area contributed by atoms with Gasteiger partial charge in [0.1, 0.15) is 11.6 Å². The quantitative estimate of drug-likeness (QED) is 0.0745. The van der Waals surface area contributed by atoms with E-state index in [1.165, 1.54) is 42.0 Å². The number of ketones is 1. The molecular formula is C29H23BrFN3O5S2. The van der Waals surface area contributed by atoms with Crippen LogP contribution in [0.4, 0.5) is 9.52 Å². The molecule has 8 nitrogen and oxygen atoms in total. The zero-order valence-corrected chi connectivity index (χ0v) is 25.2. The second kappa shape index (κ2) is 11.6. The molecule has 1 unspecified atom stereocenters. The van der Waals surface area contributed by atoms with Crippen molar-refractivity contribution in [1.29, 1.82) is 0 Å². The zero-order valence-electron chi connectivity index (χ0n) is 22.0. The van der Waals surface area contributed by atoms with Crippen LogP contribution in [0.25, 0.3) is 5.76 Å². The highest BCUT2D eigenvalue weighted by Gasteiger charge is 2.49. The van der Waals surface area contributed by atoms with Crippen molar-refractivity contribution in [3.63, 3.8) is 0 Å². The molecule has 2 N–H and O–H groups in total. The van der Waals surface area contributed by atoms with Gasteiger partial charge in [0.2, 0.25) is 5.13 Å². The monoisotopic (exact) mass is 655 g/mol. The summed E-state index contributed by atoms with van der Waals surface area (Å²) >= 11 is 5.78. The van der Waals surface area contributed by atoms with Gasteiger partial charge in [0.15, 0.2) is 15.8 Å². The molecule has 0 radical (unpaired) electrons. The summed E-state index contributed by atoms with van der Waals surface area (Å²) in [5.41, 5.74) is 3.16. The first-order valence-corrected chi connectivity index (χ1v) is 14.8. The Bertz CT molecular complexity index is 1710. The van der Waals surface area contributed by atoms with E-state index in [0.29, 0.717) is 21.2 Å². The summed E-state index contributed by atoms with van der Waals surface area (Å²) in [6, 6.07) is 13.5. The second-order valence-electron chi connectivity index (χ2n) is 9.31. The van der Waals surface area contributed by atoms with Crippen LogP contribution in [0.2, 0.25) is 0 Å². The van der Waals surface area contributed by atoms with Gasteiger partial charge in [-0.3, -0.25) is 14.5 Å². The first-order chi connectivity index (χ1) is 19.6. The number of phenols is 1. The molecule has 1 aliphatic rings. The first-order valence-electron chi connectivity index (χ1n) is 12.2. The number of phenolic OH excluding ortho intramolecular Hbond substituents is 1. The van der Waals surface area contributed by atoms with Gasteiger partial charge in [-0.2, -0.15) is 0 Å². The maximum Gasteiger partial charge on any atom is 0.301 e. The van der Waals surface area contributed by atoms with E-state index in [4.69, 9.17) is 4.74 Å². The first kappa shape index (κ1) is 28.8. The number of hydrogen-bond acceptors (Lipinski definition) is 9. The van der Waals surface area contributed by atoms with Crippen molar-refractivity contribution in [3.05, 3.63) is 98.3 Å². The number of ether oxygens (including phenoxy) is 1. The third-order valence-corrected chi connectivity index (χ3v) is 9.29. The molecule has 5 rings (SSSR count). The number of carbonyl (C=O) groups excluding carboxylic acids is 2. The topological polar surface area (TPSA) is 113 Å². The number of nitrogens with zero attached hydrogens (tertiary/aromatic N) is 3. The molecule has 1 atom stereocenters. The van der Waals surface area contributed by atoms with Crippen molar-refractivity contribution in [2.75, 3.05) is 12.0 Å². The smallest absolute Gasteiger partial charge is 0.301 e. The zero-order chi connectivity index (χ0) is 29.4. The molecule has 0 bridgehead atoms. The highest BCUT2D eigenvalue weighted by molar-refractivity contribution is 9.10. The maximum absolute atomic E-state index is 13.6. The largest absolute Gasteiger partial charge is 0.507 e. The number of thioether (sulfide) groups is 1. The van der Waals surface area contributed by atoms with Crippen molar-refractivity contribution in [1.82, 2.24) is 10.2 Å². The molecule has 1 aliphatic heterocycles. The summed E-state index contributed by atoms with van der Waals surface area (Å²) < 4.78 is 19.4. The van der Waals surface area contributed by atoms with Crippen LogP contribution in [-0.2, 0) is 15.3 Å². The molecule has 0 aliphatic carbocycles. The van der Waals surface area contributed by atoms with E-state index < -0.39 is 17.7 Å². The Morgan fingerprint density at radius 3 is 2.56 bits per heavy atom. The van der Waals surface area contributed by atoms with Crippen molar-refractivity contribution < 1.29 is 28.9 Å². The van der Waals surface area contributed by atoms with Crippen LogP contribution in [0, 0.1) is 19.7 Å². The lowest BCUT2D eigenvalue weighted by molar-refractivity contribution is -0.132. The predicted octanol–water partition coefficient (Wildman–Crippen LogP) is 6.69. The summed E-state index contributed by atoms with van der Waals surface area (Å²) in [5, 5.41) is 30.5. The lowest BCUT2D eigenvalue weighted by Crippen LogP contribution is -2.29.